The summed E-state index contributed by atoms with van der Waals surface area (Å²) in [6, 6.07) is 0. The number of halogens is 2. The molecule has 0 aromatic rings. The third kappa shape index (κ3) is 5.45. The van der Waals surface area contributed by atoms with Gasteiger partial charge in [-0.2, -0.15) is 0 Å². The predicted octanol–water partition coefficient (Wildman–Crippen LogP) is 6.46. The summed E-state index contributed by atoms with van der Waals surface area (Å²) in [5.74, 6) is 1.81. The van der Waals surface area contributed by atoms with Crippen molar-refractivity contribution in [2.75, 3.05) is 20.0 Å². The Morgan fingerprint density at radius 3 is 2.54 bits per heavy atom. The molecule has 2 fully saturated rings. The fraction of sp³-hybridized carbons (Fsp3) is 0.913. The molecule has 2 saturated carbocycles. The maximum Gasteiger partial charge on any atom is 0.184 e. The summed E-state index contributed by atoms with van der Waals surface area (Å²) in [7, 11) is -1.99. The summed E-state index contributed by atoms with van der Waals surface area (Å²) in [5, 5.41) is 9.37. The van der Waals surface area contributed by atoms with Crippen LogP contribution >= 0.6 is 0 Å². The first-order chi connectivity index (χ1) is 13.1. The summed E-state index contributed by atoms with van der Waals surface area (Å²) >= 11 is 0. The minimum atomic E-state index is -1.99. The second kappa shape index (κ2) is 9.70. The molecule has 164 valence electrons. The van der Waals surface area contributed by atoms with Crippen molar-refractivity contribution in [3.63, 3.8) is 0 Å². The Kier molecular flexibility index (Phi) is 8.31. The van der Waals surface area contributed by atoms with Crippen LogP contribution in [0.1, 0.15) is 65.2 Å². The van der Waals surface area contributed by atoms with E-state index in [1.807, 2.05) is 25.7 Å². The van der Waals surface area contributed by atoms with Crippen molar-refractivity contribution in [1.82, 2.24) is 0 Å². The molecule has 4 atom stereocenters. The molecule has 2 aliphatic carbocycles. The van der Waals surface area contributed by atoms with E-state index < -0.39 is 27.3 Å². The Morgan fingerprint density at radius 2 is 1.96 bits per heavy atom. The van der Waals surface area contributed by atoms with Crippen molar-refractivity contribution in [1.29, 1.82) is 0 Å². The summed E-state index contributed by atoms with van der Waals surface area (Å²) in [6.45, 7) is 9.43. The van der Waals surface area contributed by atoms with E-state index in [0.717, 1.165) is 19.3 Å². The minimum Gasteiger partial charge on any atom is -0.407 e. The molecule has 0 spiro atoms. The molecule has 1 N–H and O–H groups in total. The molecule has 2 rings (SSSR count). The number of hydrogen-bond donors (Lipinski definition) is 1. The van der Waals surface area contributed by atoms with Gasteiger partial charge in [0.1, 0.15) is 19.0 Å². The number of aliphatic hydroxyl groups excluding tert-OH is 1. The van der Waals surface area contributed by atoms with Crippen LogP contribution < -0.4 is 0 Å². The molecule has 0 heterocycles. The van der Waals surface area contributed by atoms with Crippen LogP contribution in [0.4, 0.5) is 8.78 Å². The highest BCUT2D eigenvalue weighted by atomic mass is 28.4. The normalized spacial score (nSPS) is 31.2. The maximum absolute atomic E-state index is 13.7. The van der Waals surface area contributed by atoms with Crippen LogP contribution in [0, 0.1) is 23.2 Å². The van der Waals surface area contributed by atoms with Crippen LogP contribution in [0.15, 0.2) is 11.6 Å². The van der Waals surface area contributed by atoms with E-state index in [0.29, 0.717) is 29.6 Å². The van der Waals surface area contributed by atoms with E-state index >= 15 is 0 Å². The standard InChI is InChI=1S/C23H42F2O2Si/c1-18(8-6-14-23(16-24,17-25)27-28(3,4)5)20-10-11-21-19(12-15-26)9-7-13-22(20,21)2/h12,18,20-21,26H,6-11,13-17H2,1-5H3/b19-12+/t18?,20-,21+,22-/m1/s1. The van der Waals surface area contributed by atoms with Crippen LogP contribution in [-0.2, 0) is 4.43 Å². The van der Waals surface area contributed by atoms with Crippen LogP contribution in [0.5, 0.6) is 0 Å². The first-order valence-corrected chi connectivity index (χ1v) is 14.6. The average molecular weight is 417 g/mol. The Morgan fingerprint density at radius 1 is 1.29 bits per heavy atom. The Balaban J connectivity index is 1.97. The van der Waals surface area contributed by atoms with Crippen molar-refractivity contribution < 1.29 is 18.3 Å². The quantitative estimate of drug-likeness (QED) is 0.327. The molecular weight excluding hydrogens is 374 g/mol. The van der Waals surface area contributed by atoms with Crippen LogP contribution in [0.25, 0.3) is 0 Å². The molecule has 0 radical (unpaired) electrons. The van der Waals surface area contributed by atoms with E-state index in [-0.39, 0.29) is 6.61 Å². The minimum absolute atomic E-state index is 0.147. The van der Waals surface area contributed by atoms with Crippen molar-refractivity contribution in [2.24, 2.45) is 23.2 Å². The molecule has 0 aromatic carbocycles. The van der Waals surface area contributed by atoms with Gasteiger partial charge in [0.05, 0.1) is 6.61 Å². The van der Waals surface area contributed by atoms with Crippen molar-refractivity contribution in [3.05, 3.63) is 11.6 Å². The van der Waals surface area contributed by atoms with E-state index in [1.165, 1.54) is 31.3 Å². The van der Waals surface area contributed by atoms with Gasteiger partial charge in [0.25, 0.3) is 0 Å². The fourth-order valence-electron chi connectivity index (χ4n) is 6.25. The van der Waals surface area contributed by atoms with Gasteiger partial charge >= 0.3 is 0 Å². The third-order valence-electron chi connectivity index (χ3n) is 7.38. The SMILES string of the molecule is CC(CCCC(CF)(CF)O[Si](C)(C)C)[C@H]1CC[C@H]2/C(=C/CO)CCC[C@]12C. The van der Waals surface area contributed by atoms with Crippen molar-refractivity contribution in [3.8, 4) is 0 Å². The fourth-order valence-corrected chi connectivity index (χ4v) is 7.76. The van der Waals surface area contributed by atoms with Crippen LogP contribution in [0.2, 0.25) is 19.6 Å². The van der Waals surface area contributed by atoms with Gasteiger partial charge in [0.2, 0.25) is 0 Å². The number of hydrogen-bond acceptors (Lipinski definition) is 2. The molecule has 0 aliphatic heterocycles. The second-order valence-corrected chi connectivity index (χ2v) is 15.0. The number of aliphatic hydroxyl groups is 1. The average Bonchev–Trinajstić information content (AvgIpc) is 2.98. The van der Waals surface area contributed by atoms with Gasteiger partial charge in [-0.3, -0.25) is 0 Å². The molecule has 2 nitrogen and oxygen atoms in total. The van der Waals surface area contributed by atoms with Gasteiger partial charge in [-0.15, -0.1) is 0 Å². The Bertz CT molecular complexity index is 527. The largest absolute Gasteiger partial charge is 0.407 e. The van der Waals surface area contributed by atoms with Gasteiger partial charge in [-0.05, 0) is 81.3 Å². The monoisotopic (exact) mass is 416 g/mol. The van der Waals surface area contributed by atoms with Crippen molar-refractivity contribution >= 4 is 8.32 Å². The maximum atomic E-state index is 13.7. The number of rotatable bonds is 10. The highest BCUT2D eigenvalue weighted by Crippen LogP contribution is 2.59. The molecule has 0 aromatic heterocycles. The van der Waals surface area contributed by atoms with Gasteiger partial charge in [0, 0.05) is 0 Å². The Hall–Kier alpha value is -0.263. The van der Waals surface area contributed by atoms with Gasteiger partial charge in [0.15, 0.2) is 8.32 Å². The van der Waals surface area contributed by atoms with Crippen LogP contribution in [0.3, 0.4) is 0 Å². The number of allylic oxidation sites excluding steroid dienone is 1. The predicted molar refractivity (Wildman–Crippen MR) is 115 cm³/mol. The van der Waals surface area contributed by atoms with Crippen LogP contribution in [-0.4, -0.2) is 39.0 Å². The molecule has 0 saturated heterocycles. The zero-order valence-electron chi connectivity index (χ0n) is 18.7. The number of fused-ring (bicyclic) bond motifs is 1. The molecule has 5 heteroatoms. The highest BCUT2D eigenvalue weighted by molar-refractivity contribution is 6.69. The summed E-state index contributed by atoms with van der Waals surface area (Å²) in [4.78, 5) is 0. The number of alkyl halides is 2. The summed E-state index contributed by atoms with van der Waals surface area (Å²) in [6.07, 6.45) is 10.4. The summed E-state index contributed by atoms with van der Waals surface area (Å²) < 4.78 is 33.3. The lowest BCUT2D eigenvalue weighted by Gasteiger charge is -2.44. The van der Waals surface area contributed by atoms with Gasteiger partial charge < -0.3 is 9.53 Å². The van der Waals surface area contributed by atoms with E-state index in [2.05, 4.69) is 13.8 Å². The third-order valence-corrected chi connectivity index (χ3v) is 8.43. The van der Waals surface area contributed by atoms with Gasteiger partial charge in [-0.25, -0.2) is 8.78 Å². The first-order valence-electron chi connectivity index (χ1n) is 11.2. The molecule has 1 unspecified atom stereocenters. The Labute approximate surface area is 172 Å². The van der Waals surface area contributed by atoms with E-state index in [9.17, 15) is 13.9 Å². The molecule has 0 bridgehead atoms. The highest BCUT2D eigenvalue weighted by Gasteiger charge is 2.50. The molecule has 0 amide bonds. The topological polar surface area (TPSA) is 29.5 Å². The second-order valence-electron chi connectivity index (χ2n) is 10.6. The summed E-state index contributed by atoms with van der Waals surface area (Å²) in [5.41, 5.74) is 0.544. The lowest BCUT2D eigenvalue weighted by Crippen LogP contribution is -2.46. The zero-order valence-corrected chi connectivity index (χ0v) is 19.7. The smallest absolute Gasteiger partial charge is 0.184 e. The lowest BCUT2D eigenvalue weighted by molar-refractivity contribution is -0.000904. The van der Waals surface area contributed by atoms with E-state index in [1.54, 1.807) is 0 Å². The van der Waals surface area contributed by atoms with E-state index in [4.69, 9.17) is 4.43 Å². The molecule has 28 heavy (non-hydrogen) atoms. The van der Waals surface area contributed by atoms with Gasteiger partial charge in [-0.1, -0.05) is 38.3 Å². The first kappa shape index (κ1) is 24.0. The zero-order chi connectivity index (χ0) is 21.0. The molecule has 2 aliphatic rings. The van der Waals surface area contributed by atoms with Crippen molar-refractivity contribution in [2.45, 2.75) is 90.5 Å². The molecular formula is C23H42F2O2Si. The lowest BCUT2D eigenvalue weighted by atomic mass is 9.60.